The molecule has 1 aromatic rings. The molecule has 0 aliphatic carbocycles. The monoisotopic (exact) mass is 125 g/mol. The van der Waals surface area contributed by atoms with Crippen molar-refractivity contribution < 1.29 is 4.52 Å². The average molecular weight is 125 g/mol. The van der Waals surface area contributed by atoms with Crippen LogP contribution >= 0.6 is 0 Å². The Morgan fingerprint density at radius 2 is 2.78 bits per heavy atom. The molecule has 0 N–H and O–H groups in total. The summed E-state index contributed by atoms with van der Waals surface area (Å²) in [6, 6.07) is 0. The maximum Gasteiger partial charge on any atom is 0.442 e. The van der Waals surface area contributed by atoms with Gasteiger partial charge in [-0.3, -0.25) is 4.52 Å². The molecule has 0 amide bonds. The third-order valence-corrected chi connectivity index (χ3v) is 0.817. The fraction of sp³-hybridized carbons (Fsp3) is 0.200. The molecular weight excluding hydrogens is 120 g/mol. The minimum absolute atomic E-state index is 0.391. The molecule has 1 rings (SSSR count). The Hall–Kier alpha value is -1.32. The molecule has 1 aromatic heterocycles. The maximum atomic E-state index is 10.5. The van der Waals surface area contributed by atoms with E-state index in [1.54, 1.807) is 6.08 Å². The van der Waals surface area contributed by atoms with Crippen LogP contribution in [0.3, 0.4) is 0 Å². The van der Waals surface area contributed by atoms with Crippen molar-refractivity contribution in [3.63, 3.8) is 0 Å². The first kappa shape index (κ1) is 5.81. The van der Waals surface area contributed by atoms with Crippen molar-refractivity contribution >= 4 is 0 Å². The van der Waals surface area contributed by atoms with Crippen molar-refractivity contribution in [2.45, 2.75) is 6.54 Å². The van der Waals surface area contributed by atoms with Crippen LogP contribution in [-0.2, 0) is 6.54 Å². The van der Waals surface area contributed by atoms with Crippen LogP contribution in [0.25, 0.3) is 0 Å². The number of rotatable bonds is 2. The van der Waals surface area contributed by atoms with Gasteiger partial charge in [0.1, 0.15) is 0 Å². The van der Waals surface area contributed by atoms with E-state index in [4.69, 9.17) is 0 Å². The Morgan fingerprint density at radius 1 is 2.00 bits per heavy atom. The van der Waals surface area contributed by atoms with Crippen molar-refractivity contribution in [2.75, 3.05) is 0 Å². The smallest absolute Gasteiger partial charge is 0.295 e. The molecule has 4 nitrogen and oxygen atoms in total. The van der Waals surface area contributed by atoms with Gasteiger partial charge < -0.3 is 0 Å². The second kappa shape index (κ2) is 2.30. The molecule has 1 heterocycles. The number of hydrogen-bond donors (Lipinski definition) is 0. The zero-order chi connectivity index (χ0) is 6.69. The standard InChI is InChI=1S/C5H5N2O2/c1-2-3-7-4-6-9-5(7)8/h2H,1,3H2. The number of aromatic nitrogens is 2. The van der Waals surface area contributed by atoms with E-state index in [0.717, 1.165) is 0 Å². The van der Waals surface area contributed by atoms with Crippen LogP contribution in [0.15, 0.2) is 22.0 Å². The Labute approximate surface area is 51.4 Å². The molecule has 0 saturated carbocycles. The van der Waals surface area contributed by atoms with Gasteiger partial charge in [0.05, 0.1) is 0 Å². The third-order valence-electron chi connectivity index (χ3n) is 0.817. The minimum atomic E-state index is -0.505. The lowest BCUT2D eigenvalue weighted by atomic mass is 10.6. The third kappa shape index (κ3) is 1.07. The molecule has 0 bridgehead atoms. The Kier molecular flexibility index (Phi) is 1.48. The highest BCUT2D eigenvalue weighted by Gasteiger charge is 1.94. The van der Waals surface area contributed by atoms with Gasteiger partial charge in [-0.15, -0.1) is 6.58 Å². The first-order valence-electron chi connectivity index (χ1n) is 2.39. The summed E-state index contributed by atoms with van der Waals surface area (Å²) in [4.78, 5) is 10.5. The summed E-state index contributed by atoms with van der Waals surface area (Å²) in [5, 5.41) is 3.14. The summed E-state index contributed by atoms with van der Waals surface area (Å²) in [6.07, 6.45) is 3.89. The topological polar surface area (TPSA) is 48.0 Å². The minimum Gasteiger partial charge on any atom is -0.295 e. The molecule has 0 atom stereocenters. The molecule has 4 heteroatoms. The highest BCUT2D eigenvalue weighted by Crippen LogP contribution is 1.75. The lowest BCUT2D eigenvalue weighted by molar-refractivity contribution is 0.377. The maximum absolute atomic E-state index is 10.5. The van der Waals surface area contributed by atoms with E-state index in [-0.39, 0.29) is 0 Å². The second-order valence-electron chi connectivity index (χ2n) is 1.45. The van der Waals surface area contributed by atoms with Crippen molar-refractivity contribution in [1.29, 1.82) is 0 Å². The fourth-order valence-electron chi connectivity index (χ4n) is 0.443. The zero-order valence-electron chi connectivity index (χ0n) is 4.70. The van der Waals surface area contributed by atoms with Crippen molar-refractivity contribution in [2.24, 2.45) is 0 Å². The van der Waals surface area contributed by atoms with Gasteiger partial charge in [0.2, 0.25) is 6.33 Å². The summed E-state index contributed by atoms with van der Waals surface area (Å²) in [6.45, 7) is 3.82. The van der Waals surface area contributed by atoms with Gasteiger partial charge in [0.15, 0.2) is 0 Å². The first-order valence-corrected chi connectivity index (χ1v) is 2.39. The lowest BCUT2D eigenvalue weighted by Crippen LogP contribution is -2.11. The van der Waals surface area contributed by atoms with E-state index < -0.39 is 5.76 Å². The molecule has 0 unspecified atom stereocenters. The molecule has 0 spiro atoms. The fourth-order valence-corrected chi connectivity index (χ4v) is 0.443. The number of nitrogens with zero attached hydrogens (tertiary/aromatic N) is 2. The summed E-state index contributed by atoms with van der Waals surface area (Å²) < 4.78 is 5.36. The molecule has 0 aliphatic rings. The van der Waals surface area contributed by atoms with E-state index >= 15 is 0 Å². The van der Waals surface area contributed by atoms with Gasteiger partial charge in [-0.25, -0.2) is 9.36 Å². The average Bonchev–Trinajstić information content (AvgIpc) is 2.18. The van der Waals surface area contributed by atoms with Gasteiger partial charge in [-0.1, -0.05) is 11.2 Å². The molecule has 0 aliphatic heterocycles. The molecule has 9 heavy (non-hydrogen) atoms. The second-order valence-corrected chi connectivity index (χ2v) is 1.45. The molecule has 0 aromatic carbocycles. The predicted molar refractivity (Wildman–Crippen MR) is 29.8 cm³/mol. The van der Waals surface area contributed by atoms with Crippen molar-refractivity contribution in [3.05, 3.63) is 29.5 Å². The van der Waals surface area contributed by atoms with Crippen molar-refractivity contribution in [1.82, 2.24) is 9.72 Å². The highest BCUT2D eigenvalue weighted by molar-refractivity contribution is 4.69. The van der Waals surface area contributed by atoms with Crippen molar-refractivity contribution in [3.8, 4) is 0 Å². The van der Waals surface area contributed by atoms with Crippen LogP contribution in [0.5, 0.6) is 0 Å². The summed E-state index contributed by atoms with van der Waals surface area (Å²) in [7, 11) is 0. The van der Waals surface area contributed by atoms with Crippen LogP contribution in [0.2, 0.25) is 0 Å². The normalized spacial score (nSPS) is 9.33. The van der Waals surface area contributed by atoms with Gasteiger partial charge in [-0.2, -0.15) is 0 Å². The van der Waals surface area contributed by atoms with Gasteiger partial charge in [0.25, 0.3) is 0 Å². The largest absolute Gasteiger partial charge is 0.442 e. The van der Waals surface area contributed by atoms with Crippen LogP contribution < -0.4 is 5.76 Å². The van der Waals surface area contributed by atoms with E-state index in [1.165, 1.54) is 4.57 Å². The number of allylic oxidation sites excluding steroid dienone is 1. The van der Waals surface area contributed by atoms with Gasteiger partial charge in [-0.05, 0) is 0 Å². The van der Waals surface area contributed by atoms with Crippen LogP contribution in [0, 0.1) is 6.33 Å². The summed E-state index contributed by atoms with van der Waals surface area (Å²) in [5.41, 5.74) is 0. The number of hydrogen-bond acceptors (Lipinski definition) is 3. The quantitative estimate of drug-likeness (QED) is 0.515. The van der Waals surface area contributed by atoms with E-state index in [9.17, 15) is 4.79 Å². The van der Waals surface area contributed by atoms with Crippen LogP contribution in [0.1, 0.15) is 0 Å². The SMILES string of the molecule is C=CCn1[c]noc1=O. The zero-order valence-corrected chi connectivity index (χ0v) is 4.70. The van der Waals surface area contributed by atoms with Gasteiger partial charge in [0, 0.05) is 6.54 Å². The Bertz CT molecular complexity index is 247. The molecule has 47 valence electrons. The Morgan fingerprint density at radius 3 is 3.22 bits per heavy atom. The molecule has 1 radical (unpaired) electrons. The first-order chi connectivity index (χ1) is 4.34. The van der Waals surface area contributed by atoms with Gasteiger partial charge >= 0.3 is 5.76 Å². The molecular formula is C5H5N2O2. The predicted octanol–water partition coefficient (Wildman–Crippen LogP) is -0.178. The summed E-state index contributed by atoms with van der Waals surface area (Å²) in [5.74, 6) is -0.505. The highest BCUT2D eigenvalue weighted by atomic mass is 16.5. The van der Waals surface area contributed by atoms with Crippen LogP contribution in [0.4, 0.5) is 0 Å². The summed E-state index contributed by atoms with van der Waals surface area (Å²) >= 11 is 0. The van der Waals surface area contributed by atoms with E-state index in [0.29, 0.717) is 6.54 Å². The molecule has 0 fully saturated rings. The Balaban J connectivity index is 2.93. The van der Waals surface area contributed by atoms with Crippen LogP contribution in [-0.4, -0.2) is 9.72 Å². The van der Waals surface area contributed by atoms with E-state index in [2.05, 4.69) is 22.6 Å². The lowest BCUT2D eigenvalue weighted by Gasteiger charge is -1.84. The van der Waals surface area contributed by atoms with E-state index in [1.807, 2.05) is 0 Å². The molecule has 0 saturated heterocycles.